The summed E-state index contributed by atoms with van der Waals surface area (Å²) in [6.45, 7) is 1.80. The van der Waals surface area contributed by atoms with Gasteiger partial charge in [-0.05, 0) is 37.3 Å². The van der Waals surface area contributed by atoms with E-state index in [2.05, 4.69) is 21.7 Å². The third kappa shape index (κ3) is 5.77. The smallest absolute Gasteiger partial charge is 0.171 e. The highest BCUT2D eigenvalue weighted by Crippen LogP contribution is 2.22. The fourth-order valence-electron chi connectivity index (χ4n) is 1.43. The van der Waals surface area contributed by atoms with Crippen molar-refractivity contribution >= 4 is 35.0 Å². The number of hydrogen-bond donors (Lipinski definition) is 3. The lowest BCUT2D eigenvalue weighted by atomic mass is 10.2. The van der Waals surface area contributed by atoms with Gasteiger partial charge in [0.2, 0.25) is 0 Å². The maximum Gasteiger partial charge on any atom is 0.171 e. The Hall–Kier alpha value is -2.17. The summed E-state index contributed by atoms with van der Waals surface area (Å²) in [6.07, 6.45) is 1.64. The molecule has 0 saturated carbocycles. The quantitative estimate of drug-likeness (QED) is 0.434. The van der Waals surface area contributed by atoms with E-state index in [0.717, 1.165) is 0 Å². The lowest BCUT2D eigenvalue weighted by Gasteiger charge is -2.15. The van der Waals surface area contributed by atoms with Crippen LogP contribution in [-0.2, 0) is 0 Å². The Morgan fingerprint density at radius 3 is 2.86 bits per heavy atom. The van der Waals surface area contributed by atoms with Gasteiger partial charge in [0.15, 0.2) is 5.11 Å². The van der Waals surface area contributed by atoms with E-state index in [1.807, 2.05) is 21.0 Å². The highest BCUT2D eigenvalue weighted by molar-refractivity contribution is 7.80. The number of aliphatic imine (C=N–C) groups is 1. The first-order valence-electron chi connectivity index (χ1n) is 6.39. The molecular formula is C14H19N5OS. The molecule has 1 atom stereocenters. The van der Waals surface area contributed by atoms with Crippen LogP contribution in [0.25, 0.3) is 0 Å². The van der Waals surface area contributed by atoms with E-state index in [1.54, 1.807) is 29.4 Å². The van der Waals surface area contributed by atoms with E-state index >= 15 is 0 Å². The topological polar surface area (TPSA) is 83.7 Å². The number of nitriles is 1. The number of aliphatic hydroxyl groups is 1. The zero-order valence-electron chi connectivity index (χ0n) is 12.3. The van der Waals surface area contributed by atoms with Gasteiger partial charge in [0, 0.05) is 25.8 Å². The molecule has 0 aliphatic rings. The molecular weight excluding hydrogens is 286 g/mol. The molecule has 1 rings (SSSR count). The summed E-state index contributed by atoms with van der Waals surface area (Å²) in [4.78, 5) is 6.02. The highest BCUT2D eigenvalue weighted by atomic mass is 32.1. The molecule has 0 bridgehead atoms. The minimum absolute atomic E-state index is 0.0105. The van der Waals surface area contributed by atoms with Gasteiger partial charge in [-0.1, -0.05) is 0 Å². The molecule has 112 valence electrons. The molecule has 0 fully saturated rings. The Kier molecular flexibility index (Phi) is 6.59. The number of nitrogens with one attached hydrogen (secondary N) is 2. The Labute approximate surface area is 130 Å². The van der Waals surface area contributed by atoms with Crippen molar-refractivity contribution in [2.24, 2.45) is 4.99 Å². The van der Waals surface area contributed by atoms with Crippen LogP contribution in [0.3, 0.4) is 0 Å². The molecule has 0 radical (unpaired) electrons. The molecule has 7 heteroatoms. The predicted octanol–water partition coefficient (Wildman–Crippen LogP) is 1.45. The van der Waals surface area contributed by atoms with E-state index in [4.69, 9.17) is 17.3 Å². The van der Waals surface area contributed by atoms with Crippen molar-refractivity contribution in [1.82, 2.24) is 10.2 Å². The first-order valence-corrected chi connectivity index (χ1v) is 6.80. The van der Waals surface area contributed by atoms with Crippen LogP contribution in [0.15, 0.2) is 23.2 Å². The average Bonchev–Trinajstić information content (AvgIpc) is 2.45. The first kappa shape index (κ1) is 16.9. The van der Waals surface area contributed by atoms with Gasteiger partial charge in [-0.25, -0.2) is 4.99 Å². The Balaban J connectivity index is 2.83. The van der Waals surface area contributed by atoms with E-state index < -0.39 is 0 Å². The van der Waals surface area contributed by atoms with Crippen molar-refractivity contribution in [1.29, 1.82) is 5.26 Å². The normalized spacial score (nSPS) is 11.8. The molecule has 0 amide bonds. The molecule has 1 aromatic rings. The maximum absolute atomic E-state index is 9.18. The summed E-state index contributed by atoms with van der Waals surface area (Å²) >= 11 is 5.12. The van der Waals surface area contributed by atoms with Crippen LogP contribution in [0.4, 0.5) is 11.4 Å². The second-order valence-electron chi connectivity index (χ2n) is 4.73. The van der Waals surface area contributed by atoms with Gasteiger partial charge in [-0.15, -0.1) is 0 Å². The van der Waals surface area contributed by atoms with Crippen LogP contribution in [0, 0.1) is 11.3 Å². The summed E-state index contributed by atoms with van der Waals surface area (Å²) in [5.41, 5.74) is 1.74. The third-order valence-corrected chi connectivity index (χ3v) is 2.67. The zero-order valence-corrected chi connectivity index (χ0v) is 13.1. The van der Waals surface area contributed by atoms with Gasteiger partial charge in [0.25, 0.3) is 0 Å². The molecule has 6 nitrogen and oxygen atoms in total. The largest absolute Gasteiger partial charge is 0.394 e. The molecule has 0 aromatic heterocycles. The zero-order chi connectivity index (χ0) is 15.8. The number of rotatable bonds is 5. The predicted molar refractivity (Wildman–Crippen MR) is 88.9 cm³/mol. The Morgan fingerprint density at radius 1 is 1.57 bits per heavy atom. The van der Waals surface area contributed by atoms with Gasteiger partial charge in [0.05, 0.1) is 24.2 Å². The first-order chi connectivity index (χ1) is 9.96. The van der Waals surface area contributed by atoms with Crippen molar-refractivity contribution in [2.45, 2.75) is 13.0 Å². The van der Waals surface area contributed by atoms with Crippen LogP contribution in [0.1, 0.15) is 12.5 Å². The van der Waals surface area contributed by atoms with Crippen molar-refractivity contribution in [3.8, 4) is 6.07 Å². The van der Waals surface area contributed by atoms with E-state index in [0.29, 0.717) is 22.1 Å². The van der Waals surface area contributed by atoms with Gasteiger partial charge in [-0.2, -0.15) is 5.26 Å². The second kappa shape index (κ2) is 8.19. The monoisotopic (exact) mass is 305 g/mol. The molecule has 0 unspecified atom stereocenters. The summed E-state index contributed by atoms with van der Waals surface area (Å²) in [5, 5.41) is 24.4. The van der Waals surface area contributed by atoms with Crippen molar-refractivity contribution in [2.75, 3.05) is 26.0 Å². The minimum atomic E-state index is -0.135. The molecule has 0 spiro atoms. The minimum Gasteiger partial charge on any atom is -0.394 e. The number of aliphatic hydroxyl groups excluding tert-OH is 1. The number of thiocarbonyl (C=S) groups is 1. The van der Waals surface area contributed by atoms with Crippen LogP contribution < -0.4 is 10.6 Å². The Morgan fingerprint density at radius 2 is 2.29 bits per heavy atom. The van der Waals surface area contributed by atoms with Gasteiger partial charge >= 0.3 is 0 Å². The van der Waals surface area contributed by atoms with E-state index in [-0.39, 0.29) is 12.6 Å². The SMILES string of the molecule is C[C@H](CO)NC(=S)Nc1ccc(N=CN(C)C)c(C#N)c1. The van der Waals surface area contributed by atoms with Crippen molar-refractivity contribution in [3.63, 3.8) is 0 Å². The molecule has 0 heterocycles. The summed E-state index contributed by atoms with van der Waals surface area (Å²) < 4.78 is 0. The number of nitrogens with zero attached hydrogens (tertiary/aromatic N) is 3. The van der Waals surface area contributed by atoms with Gasteiger partial charge in [-0.3, -0.25) is 0 Å². The van der Waals surface area contributed by atoms with E-state index in [1.165, 1.54) is 0 Å². The van der Waals surface area contributed by atoms with Crippen LogP contribution >= 0.6 is 12.2 Å². The molecule has 1 aromatic carbocycles. The fraction of sp³-hybridized carbons (Fsp3) is 0.357. The Bertz CT molecular complexity index is 565. The number of anilines is 1. The standard InChI is InChI=1S/C14H19N5OS/c1-10(8-20)17-14(21)18-12-4-5-13(11(6-12)7-15)16-9-19(2)3/h4-6,9-10,20H,8H2,1-3H3,(H2,17,18,21)/t10-/m1/s1. The summed E-state index contributed by atoms with van der Waals surface area (Å²) in [7, 11) is 3.72. The molecule has 21 heavy (non-hydrogen) atoms. The average molecular weight is 305 g/mol. The second-order valence-corrected chi connectivity index (χ2v) is 5.14. The van der Waals surface area contributed by atoms with Crippen LogP contribution in [0.2, 0.25) is 0 Å². The van der Waals surface area contributed by atoms with Crippen LogP contribution in [-0.4, -0.2) is 48.2 Å². The molecule has 0 aliphatic heterocycles. The molecule has 3 N–H and O–H groups in total. The fourth-order valence-corrected chi connectivity index (χ4v) is 1.75. The van der Waals surface area contributed by atoms with Crippen LogP contribution in [0.5, 0.6) is 0 Å². The van der Waals surface area contributed by atoms with Gasteiger partial charge < -0.3 is 20.6 Å². The van der Waals surface area contributed by atoms with E-state index in [9.17, 15) is 5.26 Å². The third-order valence-electron chi connectivity index (χ3n) is 2.45. The number of benzene rings is 1. The van der Waals surface area contributed by atoms with Crippen molar-refractivity contribution in [3.05, 3.63) is 23.8 Å². The molecule has 0 aliphatic carbocycles. The molecule has 0 saturated heterocycles. The highest BCUT2D eigenvalue weighted by Gasteiger charge is 2.06. The van der Waals surface area contributed by atoms with Gasteiger partial charge in [0.1, 0.15) is 6.07 Å². The lowest BCUT2D eigenvalue weighted by molar-refractivity contribution is 0.264. The summed E-state index contributed by atoms with van der Waals surface area (Å²) in [6, 6.07) is 7.20. The summed E-state index contributed by atoms with van der Waals surface area (Å²) in [5.74, 6) is 0. The lowest BCUT2D eigenvalue weighted by Crippen LogP contribution is -2.37. The maximum atomic E-state index is 9.18. The van der Waals surface area contributed by atoms with Crippen molar-refractivity contribution < 1.29 is 5.11 Å². The number of hydrogen-bond acceptors (Lipinski definition) is 4.